The molecule has 3 aliphatic carbocycles. The first-order valence-electron chi connectivity index (χ1n) is 9.10. The Morgan fingerprint density at radius 2 is 1.62 bits per heavy atom. The monoisotopic (exact) mass is 289 g/mol. The van der Waals surface area contributed by atoms with Gasteiger partial charge in [-0.25, -0.2) is 0 Å². The fourth-order valence-electron chi connectivity index (χ4n) is 5.45. The minimum absolute atomic E-state index is 0.162. The van der Waals surface area contributed by atoms with Crippen LogP contribution >= 0.6 is 0 Å². The van der Waals surface area contributed by atoms with Crippen molar-refractivity contribution >= 4 is 11.7 Å². The maximum absolute atomic E-state index is 13.0. The molecule has 1 heterocycles. The summed E-state index contributed by atoms with van der Waals surface area (Å²) in [4.78, 5) is 27.3. The average molecular weight is 289 g/mol. The van der Waals surface area contributed by atoms with E-state index in [-0.39, 0.29) is 12.0 Å². The number of piperidine rings is 1. The van der Waals surface area contributed by atoms with Crippen LogP contribution in [0.4, 0.5) is 0 Å². The van der Waals surface area contributed by atoms with E-state index in [0.717, 1.165) is 38.6 Å². The van der Waals surface area contributed by atoms with Crippen molar-refractivity contribution in [1.29, 1.82) is 0 Å². The van der Waals surface area contributed by atoms with Crippen LogP contribution in [0.3, 0.4) is 0 Å². The number of hydrogen-bond donors (Lipinski definition) is 0. The van der Waals surface area contributed by atoms with Crippen molar-refractivity contribution < 1.29 is 9.59 Å². The molecular formula is C18H27NO2. The third-order valence-corrected chi connectivity index (χ3v) is 6.59. The predicted octanol–water partition coefficient (Wildman–Crippen LogP) is 3.17. The molecule has 4 unspecified atom stereocenters. The van der Waals surface area contributed by atoms with E-state index in [2.05, 4.69) is 4.90 Å². The van der Waals surface area contributed by atoms with Crippen LogP contribution in [0.5, 0.6) is 0 Å². The molecule has 3 saturated carbocycles. The van der Waals surface area contributed by atoms with E-state index in [9.17, 15) is 9.59 Å². The molecule has 4 rings (SSSR count). The first-order chi connectivity index (χ1) is 10.3. The number of carbonyl (C=O) groups is 2. The molecule has 4 aliphatic rings. The minimum atomic E-state index is 0.162. The van der Waals surface area contributed by atoms with Gasteiger partial charge in [-0.05, 0) is 56.8 Å². The second-order valence-electron chi connectivity index (χ2n) is 7.70. The minimum Gasteiger partial charge on any atom is -0.339 e. The normalized spacial score (nSPS) is 42.8. The Morgan fingerprint density at radius 1 is 0.905 bits per heavy atom. The number of likely N-dealkylation sites (tertiary alicyclic amines) is 1. The van der Waals surface area contributed by atoms with Gasteiger partial charge in [0.25, 0.3) is 0 Å². The second kappa shape index (κ2) is 5.40. The van der Waals surface area contributed by atoms with Gasteiger partial charge >= 0.3 is 0 Å². The smallest absolute Gasteiger partial charge is 0.226 e. The first-order valence-corrected chi connectivity index (χ1v) is 9.10. The number of ketones is 1. The fraction of sp³-hybridized carbons (Fsp3) is 0.889. The summed E-state index contributed by atoms with van der Waals surface area (Å²) in [7, 11) is 0. The van der Waals surface area contributed by atoms with E-state index in [1.165, 1.54) is 32.1 Å². The molecule has 0 N–H and O–H groups in total. The molecule has 116 valence electrons. The van der Waals surface area contributed by atoms with Gasteiger partial charge in [-0.2, -0.15) is 0 Å². The van der Waals surface area contributed by atoms with Gasteiger partial charge in [0.2, 0.25) is 5.91 Å². The molecule has 0 aromatic heterocycles. The number of Topliss-reactive ketones (excluding diaryl/α,β-unsaturated/α-hetero) is 1. The summed E-state index contributed by atoms with van der Waals surface area (Å²) >= 11 is 0. The molecule has 1 saturated heterocycles. The lowest BCUT2D eigenvalue weighted by Gasteiger charge is -2.39. The summed E-state index contributed by atoms with van der Waals surface area (Å²) in [6.45, 7) is 0.906. The molecule has 3 nitrogen and oxygen atoms in total. The zero-order chi connectivity index (χ0) is 14.4. The molecule has 0 radical (unpaired) electrons. The van der Waals surface area contributed by atoms with Crippen LogP contribution in [0, 0.1) is 23.7 Å². The Hall–Kier alpha value is -0.860. The van der Waals surface area contributed by atoms with Crippen LogP contribution in [0.1, 0.15) is 64.2 Å². The van der Waals surface area contributed by atoms with Crippen LogP contribution in [-0.4, -0.2) is 29.2 Å². The fourth-order valence-corrected chi connectivity index (χ4v) is 5.45. The van der Waals surface area contributed by atoms with E-state index >= 15 is 0 Å². The van der Waals surface area contributed by atoms with Gasteiger partial charge in [0.15, 0.2) is 0 Å². The Labute approximate surface area is 127 Å². The topological polar surface area (TPSA) is 37.4 Å². The van der Waals surface area contributed by atoms with Gasteiger partial charge in [0.1, 0.15) is 5.78 Å². The number of rotatable bonds is 2. The highest BCUT2D eigenvalue weighted by molar-refractivity contribution is 5.86. The second-order valence-corrected chi connectivity index (χ2v) is 7.70. The van der Waals surface area contributed by atoms with Crippen LogP contribution in [0.2, 0.25) is 0 Å². The van der Waals surface area contributed by atoms with E-state index < -0.39 is 0 Å². The first kappa shape index (κ1) is 13.8. The highest BCUT2D eigenvalue weighted by Gasteiger charge is 2.56. The SMILES string of the molecule is O=C1CCCC1C1CCCCN1C(=O)C1C2CCCCC21. The summed E-state index contributed by atoms with van der Waals surface area (Å²) in [5.74, 6) is 2.70. The highest BCUT2D eigenvalue weighted by Crippen LogP contribution is 2.56. The van der Waals surface area contributed by atoms with Crippen molar-refractivity contribution in [2.45, 2.75) is 70.3 Å². The van der Waals surface area contributed by atoms with Crippen molar-refractivity contribution in [1.82, 2.24) is 4.90 Å². The molecule has 3 heteroatoms. The maximum atomic E-state index is 13.0. The lowest BCUT2D eigenvalue weighted by molar-refractivity contribution is -0.139. The molecule has 21 heavy (non-hydrogen) atoms. The van der Waals surface area contributed by atoms with Crippen molar-refractivity contribution in [2.75, 3.05) is 6.54 Å². The van der Waals surface area contributed by atoms with Crippen LogP contribution in [-0.2, 0) is 9.59 Å². The maximum Gasteiger partial charge on any atom is 0.226 e. The summed E-state index contributed by atoms with van der Waals surface area (Å²) in [6.07, 6.45) is 11.3. The van der Waals surface area contributed by atoms with Crippen LogP contribution in [0.15, 0.2) is 0 Å². The van der Waals surface area contributed by atoms with Gasteiger partial charge in [-0.15, -0.1) is 0 Å². The standard InChI is InChI=1S/C18H27NO2/c20-16-10-5-8-14(16)15-9-3-4-11-19(15)18(21)17-12-6-1-2-7-13(12)17/h12-15,17H,1-11H2. The zero-order valence-corrected chi connectivity index (χ0v) is 12.9. The number of amides is 1. The number of nitrogens with zero attached hydrogens (tertiary/aromatic N) is 1. The molecular weight excluding hydrogens is 262 g/mol. The van der Waals surface area contributed by atoms with Gasteiger partial charge in [0, 0.05) is 30.8 Å². The molecule has 1 amide bonds. The zero-order valence-electron chi connectivity index (χ0n) is 12.9. The molecule has 4 fully saturated rings. The van der Waals surface area contributed by atoms with E-state index in [4.69, 9.17) is 0 Å². The number of hydrogen-bond acceptors (Lipinski definition) is 2. The van der Waals surface area contributed by atoms with Crippen molar-refractivity contribution in [2.24, 2.45) is 23.7 Å². The number of carbonyl (C=O) groups excluding carboxylic acids is 2. The Morgan fingerprint density at radius 3 is 2.29 bits per heavy atom. The Balaban J connectivity index is 1.49. The van der Waals surface area contributed by atoms with Crippen molar-refractivity contribution in [3.63, 3.8) is 0 Å². The van der Waals surface area contributed by atoms with Gasteiger partial charge in [0.05, 0.1) is 0 Å². The average Bonchev–Trinajstić information content (AvgIpc) is 3.10. The summed E-state index contributed by atoms with van der Waals surface area (Å²) in [6, 6.07) is 0.240. The van der Waals surface area contributed by atoms with Gasteiger partial charge < -0.3 is 4.90 Å². The Bertz CT molecular complexity index is 434. The van der Waals surface area contributed by atoms with Crippen molar-refractivity contribution in [3.05, 3.63) is 0 Å². The quantitative estimate of drug-likeness (QED) is 0.783. The summed E-state index contributed by atoms with van der Waals surface area (Å²) < 4.78 is 0. The Kier molecular flexibility index (Phi) is 3.55. The largest absolute Gasteiger partial charge is 0.339 e. The van der Waals surface area contributed by atoms with E-state index in [1.54, 1.807) is 0 Å². The predicted molar refractivity (Wildman–Crippen MR) is 80.6 cm³/mol. The molecule has 0 aromatic rings. The molecule has 1 aliphatic heterocycles. The van der Waals surface area contributed by atoms with E-state index in [0.29, 0.717) is 29.4 Å². The molecule has 4 atom stereocenters. The number of fused-ring (bicyclic) bond motifs is 1. The highest BCUT2D eigenvalue weighted by atomic mass is 16.2. The van der Waals surface area contributed by atoms with Crippen LogP contribution in [0.25, 0.3) is 0 Å². The molecule has 0 bridgehead atoms. The van der Waals surface area contributed by atoms with Crippen molar-refractivity contribution in [3.8, 4) is 0 Å². The van der Waals surface area contributed by atoms with E-state index in [1.807, 2.05) is 0 Å². The summed E-state index contributed by atoms with van der Waals surface area (Å²) in [5.41, 5.74) is 0. The third-order valence-electron chi connectivity index (χ3n) is 6.59. The lowest BCUT2D eigenvalue weighted by atomic mass is 9.88. The van der Waals surface area contributed by atoms with Crippen LogP contribution < -0.4 is 0 Å². The molecule has 0 spiro atoms. The summed E-state index contributed by atoms with van der Waals surface area (Å²) in [5, 5.41) is 0. The molecule has 0 aromatic carbocycles. The third kappa shape index (κ3) is 2.33. The lowest BCUT2D eigenvalue weighted by Crippen LogP contribution is -2.49. The van der Waals surface area contributed by atoms with Gasteiger partial charge in [-0.1, -0.05) is 12.8 Å². The van der Waals surface area contributed by atoms with Gasteiger partial charge in [-0.3, -0.25) is 9.59 Å².